The van der Waals surface area contributed by atoms with E-state index in [0.717, 1.165) is 32.2 Å². The maximum atomic E-state index is 14.5. The topological polar surface area (TPSA) is 176 Å². The number of Topliss-reactive ketones (excluding diaryl/α,β-unsaturated/α-hetero) is 1. The first-order chi connectivity index (χ1) is 18.5. The quantitative estimate of drug-likeness (QED) is 0.274. The number of hydrogen-bond donors (Lipinski definition) is 4. The van der Waals surface area contributed by atoms with Crippen molar-refractivity contribution < 1.29 is 50.6 Å². The lowest BCUT2D eigenvalue weighted by molar-refractivity contribution is -0.272. The molecule has 2 aromatic rings. The van der Waals surface area contributed by atoms with Crippen LogP contribution in [0.1, 0.15) is 35.8 Å². The molecule has 1 aromatic carbocycles. The van der Waals surface area contributed by atoms with E-state index in [0.29, 0.717) is 13.0 Å². The predicted molar refractivity (Wildman–Crippen MR) is 128 cm³/mol. The molecule has 0 radical (unpaired) electrons. The largest absolute Gasteiger partial charge is 0.493 e. The molecule has 216 valence electrons. The fourth-order valence-corrected chi connectivity index (χ4v) is 4.33. The Bertz CT molecular complexity index is 1370. The van der Waals surface area contributed by atoms with E-state index in [9.17, 15) is 41.1 Å². The van der Waals surface area contributed by atoms with E-state index in [1.54, 1.807) is 0 Å². The third-order valence-electron chi connectivity index (χ3n) is 6.60. The van der Waals surface area contributed by atoms with E-state index in [-0.39, 0.29) is 11.3 Å². The molecule has 11 nitrogen and oxygen atoms in total. The van der Waals surface area contributed by atoms with Gasteiger partial charge in [0, 0.05) is 29.2 Å². The molecule has 3 amide bonds. The molecule has 3 rings (SSSR count). The molecule has 0 saturated carbocycles. The van der Waals surface area contributed by atoms with Gasteiger partial charge in [-0.2, -0.15) is 17.6 Å². The van der Waals surface area contributed by atoms with Crippen molar-refractivity contribution in [3.8, 4) is 5.75 Å². The van der Waals surface area contributed by atoms with Crippen molar-refractivity contribution >= 4 is 35.0 Å². The minimum absolute atomic E-state index is 0.261. The molecule has 0 unspecified atom stereocenters. The number of anilines is 2. The Hall–Kier alpha value is -4.18. The van der Waals surface area contributed by atoms with E-state index in [4.69, 9.17) is 20.9 Å². The van der Waals surface area contributed by atoms with Gasteiger partial charge < -0.3 is 31.6 Å². The number of rotatable bonds is 8. The lowest BCUT2D eigenvalue weighted by atomic mass is 9.77. The number of alkyl halides is 3. The monoisotopic (exact) mass is 573 g/mol. The average molecular weight is 573 g/mol. The summed E-state index contributed by atoms with van der Waals surface area (Å²) in [6, 6.07) is 3.61. The second-order valence-electron chi connectivity index (χ2n) is 9.00. The van der Waals surface area contributed by atoms with Crippen LogP contribution in [0.2, 0.25) is 0 Å². The van der Waals surface area contributed by atoms with E-state index in [1.165, 1.54) is 0 Å². The van der Waals surface area contributed by atoms with Crippen molar-refractivity contribution in [3.63, 3.8) is 0 Å². The number of ketones is 1. The zero-order valence-corrected chi connectivity index (χ0v) is 21.2. The summed E-state index contributed by atoms with van der Waals surface area (Å²) in [5, 5.41) is 4.32. The van der Waals surface area contributed by atoms with Crippen LogP contribution in [-0.4, -0.2) is 60.0 Å². The van der Waals surface area contributed by atoms with Crippen molar-refractivity contribution in [3.05, 3.63) is 47.2 Å². The normalized spacial score (nSPS) is 22.5. The van der Waals surface area contributed by atoms with Crippen molar-refractivity contribution in [2.75, 3.05) is 24.3 Å². The molecule has 6 N–H and O–H groups in total. The number of hydrogen-bond acceptors (Lipinski definition) is 8. The van der Waals surface area contributed by atoms with E-state index in [2.05, 4.69) is 15.6 Å². The summed E-state index contributed by atoms with van der Waals surface area (Å²) in [7, 11) is 0.980. The standard InChI is InChI=1S/C24H24F5N5O6/c1-9-16(11-4-5-12(25)17(26)18(11)39-3)19(40-23(9,2)24(27,28)29)22(38)32-10-6-13(20(31)36)33-15(7-10)34-21(37)14(35)8-30/h4-7,9,16,19H,8,30H2,1-3H3,(H2,31,36)(H2,32,33,34,37,38)/t9-,16-,19+,23+/m0/s1. The van der Waals surface area contributed by atoms with Gasteiger partial charge in [-0.3, -0.25) is 19.2 Å². The number of amides is 3. The summed E-state index contributed by atoms with van der Waals surface area (Å²) < 4.78 is 81.0. The first-order valence-electron chi connectivity index (χ1n) is 11.5. The van der Waals surface area contributed by atoms with Gasteiger partial charge in [0.25, 0.3) is 17.7 Å². The Morgan fingerprint density at radius 2 is 1.80 bits per heavy atom. The highest BCUT2D eigenvalue weighted by Crippen LogP contribution is 2.55. The minimum Gasteiger partial charge on any atom is -0.493 e. The number of ether oxygens (including phenoxy) is 2. The van der Waals surface area contributed by atoms with Crippen molar-refractivity contribution in [2.45, 2.75) is 37.6 Å². The Morgan fingerprint density at radius 3 is 2.35 bits per heavy atom. The molecule has 1 aliphatic rings. The first-order valence-corrected chi connectivity index (χ1v) is 11.5. The van der Waals surface area contributed by atoms with Crippen molar-refractivity contribution in [1.29, 1.82) is 0 Å². The number of aromatic nitrogens is 1. The van der Waals surface area contributed by atoms with Crippen LogP contribution in [0, 0.1) is 17.6 Å². The maximum Gasteiger partial charge on any atom is 0.417 e. The van der Waals surface area contributed by atoms with Crippen LogP contribution in [-0.2, 0) is 19.1 Å². The molecule has 1 aromatic heterocycles. The molecule has 0 aliphatic carbocycles. The molecular weight excluding hydrogens is 549 g/mol. The summed E-state index contributed by atoms with van der Waals surface area (Å²) in [4.78, 5) is 52.3. The number of nitrogens with one attached hydrogen (secondary N) is 2. The number of benzene rings is 1. The zero-order chi connectivity index (χ0) is 30.2. The number of primary amides is 1. The second kappa shape index (κ2) is 11.1. The molecule has 0 bridgehead atoms. The molecule has 1 saturated heterocycles. The number of pyridine rings is 1. The Morgan fingerprint density at radius 1 is 1.15 bits per heavy atom. The van der Waals surface area contributed by atoms with E-state index < -0.39 is 88.7 Å². The van der Waals surface area contributed by atoms with E-state index in [1.807, 2.05) is 0 Å². The molecule has 40 heavy (non-hydrogen) atoms. The number of nitrogens with zero attached hydrogens (tertiary/aromatic N) is 1. The number of carbonyl (C=O) groups is 4. The highest BCUT2D eigenvalue weighted by molar-refractivity contribution is 6.41. The van der Waals surface area contributed by atoms with Crippen molar-refractivity contribution in [2.24, 2.45) is 17.4 Å². The Balaban J connectivity index is 2.07. The lowest BCUT2D eigenvalue weighted by Gasteiger charge is -2.32. The molecule has 1 aliphatic heterocycles. The zero-order valence-electron chi connectivity index (χ0n) is 21.2. The smallest absolute Gasteiger partial charge is 0.417 e. The third-order valence-corrected chi connectivity index (χ3v) is 6.60. The van der Waals surface area contributed by atoms with Crippen LogP contribution in [0.25, 0.3) is 0 Å². The second-order valence-corrected chi connectivity index (χ2v) is 9.00. The molecule has 16 heteroatoms. The number of carbonyl (C=O) groups excluding carboxylic acids is 4. The van der Waals surface area contributed by atoms with Gasteiger partial charge in [-0.25, -0.2) is 9.37 Å². The van der Waals surface area contributed by atoms with Gasteiger partial charge in [-0.05, 0) is 19.1 Å². The highest BCUT2D eigenvalue weighted by Gasteiger charge is 2.66. The first kappa shape index (κ1) is 30.4. The van der Waals surface area contributed by atoms with Gasteiger partial charge in [0.1, 0.15) is 17.6 Å². The fourth-order valence-electron chi connectivity index (χ4n) is 4.33. The van der Waals surface area contributed by atoms with Gasteiger partial charge >= 0.3 is 6.18 Å². The van der Waals surface area contributed by atoms with Crippen LogP contribution < -0.4 is 26.8 Å². The van der Waals surface area contributed by atoms with Crippen LogP contribution >= 0.6 is 0 Å². The maximum absolute atomic E-state index is 14.5. The molecule has 2 heterocycles. The Kier molecular flexibility index (Phi) is 8.45. The summed E-state index contributed by atoms with van der Waals surface area (Å²) in [5.41, 5.74) is 6.42. The van der Waals surface area contributed by atoms with Gasteiger partial charge in [0.2, 0.25) is 11.6 Å². The van der Waals surface area contributed by atoms with E-state index >= 15 is 0 Å². The van der Waals surface area contributed by atoms with Gasteiger partial charge in [-0.1, -0.05) is 13.0 Å². The summed E-state index contributed by atoms with van der Waals surface area (Å²) >= 11 is 0. The van der Waals surface area contributed by atoms with Crippen LogP contribution in [0.3, 0.4) is 0 Å². The fraction of sp³-hybridized carbons (Fsp3) is 0.375. The van der Waals surface area contributed by atoms with Crippen molar-refractivity contribution in [1.82, 2.24) is 4.98 Å². The van der Waals surface area contributed by atoms with Gasteiger partial charge in [-0.15, -0.1) is 0 Å². The molecule has 0 spiro atoms. The Labute approximate surface area is 223 Å². The van der Waals surface area contributed by atoms with Gasteiger partial charge in [0.15, 0.2) is 17.2 Å². The van der Waals surface area contributed by atoms with Crippen LogP contribution in [0.4, 0.5) is 33.5 Å². The predicted octanol–water partition coefficient (Wildman–Crippen LogP) is 2.01. The number of halogens is 5. The minimum atomic E-state index is -4.99. The number of methoxy groups -OCH3 is 1. The highest BCUT2D eigenvalue weighted by atomic mass is 19.4. The molecule has 4 atom stereocenters. The van der Waals surface area contributed by atoms with Crippen LogP contribution in [0.5, 0.6) is 5.75 Å². The van der Waals surface area contributed by atoms with Gasteiger partial charge in [0.05, 0.1) is 13.7 Å². The SMILES string of the molecule is COc1c([C@H]2[C@H](C(=O)Nc3cc(NC(=O)C(=O)CN)nc(C(N)=O)c3)O[C@@](C)(C(F)(F)F)[C@H]2C)ccc(F)c1F. The summed E-state index contributed by atoms with van der Waals surface area (Å²) in [6.45, 7) is 1.20. The summed E-state index contributed by atoms with van der Waals surface area (Å²) in [5.74, 6) is -11.5. The summed E-state index contributed by atoms with van der Waals surface area (Å²) in [6.07, 6.45) is -6.93. The number of nitrogens with two attached hydrogens (primary N) is 2. The average Bonchev–Trinajstić information content (AvgIpc) is 3.16. The third kappa shape index (κ3) is 5.58. The molecular formula is C24H24F5N5O6. The lowest BCUT2D eigenvalue weighted by Crippen LogP contribution is -2.47. The molecule has 1 fully saturated rings. The van der Waals surface area contributed by atoms with Crippen LogP contribution in [0.15, 0.2) is 24.3 Å².